The summed E-state index contributed by atoms with van der Waals surface area (Å²) in [5.41, 5.74) is 3.18. The Morgan fingerprint density at radius 3 is 2.68 bits per heavy atom. The number of rotatable bonds is 7. The SMILES string of the molecule is CCOC(=O)CC1COc2cc(NC(=O)c3ccc(/C=N/N4CCOCC4)cc3)ccc2C1.Cl. The molecule has 0 aliphatic carbocycles. The number of morpholine rings is 1. The van der Waals surface area contributed by atoms with Gasteiger partial charge in [-0.05, 0) is 42.7 Å². The second-order valence-electron chi connectivity index (χ2n) is 8.10. The average molecular weight is 488 g/mol. The molecule has 1 unspecified atom stereocenters. The van der Waals surface area contributed by atoms with E-state index in [2.05, 4.69) is 10.4 Å². The number of amides is 1. The third-order valence-electron chi connectivity index (χ3n) is 5.60. The molecule has 0 bridgehead atoms. The van der Waals surface area contributed by atoms with Crippen LogP contribution < -0.4 is 10.1 Å². The van der Waals surface area contributed by atoms with Crippen LogP contribution in [0.15, 0.2) is 47.6 Å². The van der Waals surface area contributed by atoms with Gasteiger partial charge in [0.2, 0.25) is 0 Å². The predicted octanol–water partition coefficient (Wildman–Crippen LogP) is 3.53. The minimum Gasteiger partial charge on any atom is -0.493 e. The van der Waals surface area contributed by atoms with Gasteiger partial charge in [-0.15, -0.1) is 12.4 Å². The van der Waals surface area contributed by atoms with Crippen molar-refractivity contribution in [3.63, 3.8) is 0 Å². The number of anilines is 1. The van der Waals surface area contributed by atoms with Gasteiger partial charge in [-0.25, -0.2) is 0 Å². The molecule has 0 aromatic heterocycles. The van der Waals surface area contributed by atoms with Crippen LogP contribution in [0.5, 0.6) is 5.75 Å². The zero-order valence-corrected chi connectivity index (χ0v) is 20.0. The van der Waals surface area contributed by atoms with Gasteiger partial charge >= 0.3 is 5.97 Å². The molecule has 0 radical (unpaired) electrons. The van der Waals surface area contributed by atoms with Crippen LogP contribution in [0.1, 0.15) is 34.8 Å². The molecule has 182 valence electrons. The molecule has 2 aliphatic rings. The molecule has 2 aliphatic heterocycles. The Labute approximate surface area is 205 Å². The highest BCUT2D eigenvalue weighted by Gasteiger charge is 2.23. The number of hydrogen-bond donors (Lipinski definition) is 1. The monoisotopic (exact) mass is 487 g/mol. The smallest absolute Gasteiger partial charge is 0.306 e. The molecule has 1 N–H and O–H groups in total. The number of esters is 1. The second kappa shape index (κ2) is 12.4. The van der Waals surface area contributed by atoms with E-state index >= 15 is 0 Å². The van der Waals surface area contributed by atoms with E-state index < -0.39 is 0 Å². The largest absolute Gasteiger partial charge is 0.493 e. The molecule has 0 saturated carbocycles. The van der Waals surface area contributed by atoms with Crippen LogP contribution in [-0.2, 0) is 20.7 Å². The number of hydrogen-bond acceptors (Lipinski definition) is 7. The van der Waals surface area contributed by atoms with Crippen molar-refractivity contribution in [1.29, 1.82) is 0 Å². The van der Waals surface area contributed by atoms with Crippen molar-refractivity contribution in [2.45, 2.75) is 19.8 Å². The van der Waals surface area contributed by atoms with Crippen molar-refractivity contribution in [3.8, 4) is 5.75 Å². The zero-order chi connectivity index (χ0) is 23.0. The van der Waals surface area contributed by atoms with Gasteiger partial charge < -0.3 is 19.5 Å². The van der Waals surface area contributed by atoms with Crippen LogP contribution in [0.25, 0.3) is 0 Å². The van der Waals surface area contributed by atoms with Crippen LogP contribution >= 0.6 is 12.4 Å². The normalized spacial score (nSPS) is 17.3. The lowest BCUT2D eigenvalue weighted by molar-refractivity contribution is -0.144. The first-order valence-electron chi connectivity index (χ1n) is 11.3. The molecule has 1 atom stereocenters. The Morgan fingerprint density at radius 1 is 1.18 bits per heavy atom. The number of fused-ring (bicyclic) bond motifs is 1. The number of ether oxygens (including phenoxy) is 3. The third-order valence-corrected chi connectivity index (χ3v) is 5.60. The molecule has 8 nitrogen and oxygen atoms in total. The first kappa shape index (κ1) is 25.5. The first-order chi connectivity index (χ1) is 16.1. The maximum atomic E-state index is 12.7. The van der Waals surface area contributed by atoms with Crippen molar-refractivity contribution in [1.82, 2.24) is 5.01 Å². The van der Waals surface area contributed by atoms with Gasteiger partial charge in [-0.3, -0.25) is 14.6 Å². The van der Waals surface area contributed by atoms with Crippen molar-refractivity contribution in [2.75, 3.05) is 44.8 Å². The number of carbonyl (C=O) groups excluding carboxylic acids is 2. The highest BCUT2D eigenvalue weighted by atomic mass is 35.5. The number of hydrazone groups is 1. The summed E-state index contributed by atoms with van der Waals surface area (Å²) in [4.78, 5) is 24.4. The van der Waals surface area contributed by atoms with Gasteiger partial charge in [0.1, 0.15) is 5.75 Å². The summed E-state index contributed by atoms with van der Waals surface area (Å²) in [5.74, 6) is 0.448. The number of nitrogens with one attached hydrogen (secondary N) is 1. The van der Waals surface area contributed by atoms with Crippen LogP contribution in [0.4, 0.5) is 5.69 Å². The van der Waals surface area contributed by atoms with Crippen molar-refractivity contribution < 1.29 is 23.8 Å². The van der Waals surface area contributed by atoms with Gasteiger partial charge in [-0.1, -0.05) is 18.2 Å². The van der Waals surface area contributed by atoms with Gasteiger partial charge in [0.15, 0.2) is 0 Å². The fourth-order valence-corrected chi connectivity index (χ4v) is 3.84. The number of carbonyl (C=O) groups is 2. The quantitative estimate of drug-likeness (QED) is 0.474. The average Bonchev–Trinajstić information content (AvgIpc) is 2.84. The molecule has 1 saturated heterocycles. The number of halogens is 1. The third kappa shape index (κ3) is 6.95. The zero-order valence-electron chi connectivity index (χ0n) is 19.2. The van der Waals surface area contributed by atoms with Gasteiger partial charge in [0, 0.05) is 23.2 Å². The summed E-state index contributed by atoms with van der Waals surface area (Å²) < 4.78 is 16.2. The number of benzene rings is 2. The fourth-order valence-electron chi connectivity index (χ4n) is 3.84. The Balaban J connectivity index is 0.00000324. The summed E-state index contributed by atoms with van der Waals surface area (Å²) in [5, 5.41) is 9.35. The summed E-state index contributed by atoms with van der Waals surface area (Å²) in [7, 11) is 0. The lowest BCUT2D eigenvalue weighted by atomic mass is 9.94. The topological polar surface area (TPSA) is 89.5 Å². The van der Waals surface area contributed by atoms with Crippen molar-refractivity contribution >= 4 is 36.2 Å². The molecule has 1 amide bonds. The van der Waals surface area contributed by atoms with Gasteiger partial charge in [0.25, 0.3) is 5.91 Å². The lowest BCUT2D eigenvalue weighted by Gasteiger charge is -2.25. The Hall–Kier alpha value is -3.10. The summed E-state index contributed by atoms with van der Waals surface area (Å²) in [6.07, 6.45) is 2.89. The molecule has 34 heavy (non-hydrogen) atoms. The van der Waals surface area contributed by atoms with Gasteiger partial charge in [0.05, 0.1) is 52.2 Å². The first-order valence-corrected chi connectivity index (χ1v) is 11.3. The number of nitrogens with zero attached hydrogens (tertiary/aromatic N) is 2. The lowest BCUT2D eigenvalue weighted by Crippen LogP contribution is -2.32. The predicted molar refractivity (Wildman–Crippen MR) is 132 cm³/mol. The van der Waals surface area contributed by atoms with E-state index in [1.807, 2.05) is 35.3 Å². The molecule has 2 aromatic rings. The molecule has 2 aromatic carbocycles. The summed E-state index contributed by atoms with van der Waals surface area (Å²) >= 11 is 0. The molecular weight excluding hydrogens is 458 g/mol. The van der Waals surface area contributed by atoms with E-state index in [1.165, 1.54) is 0 Å². The summed E-state index contributed by atoms with van der Waals surface area (Å²) in [6, 6.07) is 12.9. The molecule has 1 fully saturated rings. The molecule has 2 heterocycles. The van der Waals surface area contributed by atoms with Crippen LogP contribution in [0.3, 0.4) is 0 Å². The molecule has 4 rings (SSSR count). The van der Waals surface area contributed by atoms with Crippen LogP contribution in [0, 0.1) is 5.92 Å². The molecular formula is C25H30ClN3O5. The Bertz CT molecular complexity index is 1010. The fraction of sp³-hybridized carbons (Fsp3) is 0.400. The van der Waals surface area contributed by atoms with E-state index in [4.69, 9.17) is 14.2 Å². The maximum absolute atomic E-state index is 12.7. The Kier molecular flexibility index (Phi) is 9.30. The van der Waals surface area contributed by atoms with Crippen molar-refractivity contribution in [3.05, 3.63) is 59.2 Å². The highest BCUT2D eigenvalue weighted by Crippen LogP contribution is 2.31. The minimum absolute atomic E-state index is 0. The van der Waals surface area contributed by atoms with E-state index in [1.54, 1.807) is 25.3 Å². The second-order valence-corrected chi connectivity index (χ2v) is 8.10. The van der Waals surface area contributed by atoms with E-state index in [0.29, 0.717) is 44.1 Å². The van der Waals surface area contributed by atoms with Crippen LogP contribution in [-0.4, -0.2) is 62.6 Å². The summed E-state index contributed by atoms with van der Waals surface area (Å²) in [6.45, 7) is 5.60. The minimum atomic E-state index is -0.197. The van der Waals surface area contributed by atoms with Gasteiger partial charge in [-0.2, -0.15) is 5.10 Å². The van der Waals surface area contributed by atoms with E-state index in [9.17, 15) is 9.59 Å². The van der Waals surface area contributed by atoms with E-state index in [-0.39, 0.29) is 30.2 Å². The van der Waals surface area contributed by atoms with E-state index in [0.717, 1.165) is 36.4 Å². The molecule has 9 heteroatoms. The Morgan fingerprint density at radius 2 is 1.94 bits per heavy atom. The standard InChI is InChI=1S/C25H29N3O5.ClH/c1-2-32-24(29)14-19-13-21-7-8-22(15-23(21)33-17-19)27-25(30)20-5-3-18(4-6-20)16-26-28-9-11-31-12-10-28;/h3-8,15-16,19H,2,9-14,17H2,1H3,(H,27,30);1H/b26-16+;. The van der Waals surface area contributed by atoms with Crippen LogP contribution in [0.2, 0.25) is 0 Å². The van der Waals surface area contributed by atoms with Crippen molar-refractivity contribution in [2.24, 2.45) is 11.0 Å². The highest BCUT2D eigenvalue weighted by molar-refractivity contribution is 6.04. The molecule has 0 spiro atoms. The maximum Gasteiger partial charge on any atom is 0.306 e.